The van der Waals surface area contributed by atoms with Crippen molar-refractivity contribution in [3.05, 3.63) is 30.1 Å². The summed E-state index contributed by atoms with van der Waals surface area (Å²) in [4.78, 5) is 6.40. The Morgan fingerprint density at radius 3 is 3.18 bits per heavy atom. The van der Waals surface area contributed by atoms with Gasteiger partial charge in [-0.1, -0.05) is 17.6 Å². The van der Waals surface area contributed by atoms with Crippen molar-refractivity contribution in [2.75, 3.05) is 13.1 Å². The largest absolute Gasteiger partial charge is 0.409 e. The first-order chi connectivity index (χ1) is 8.31. The maximum absolute atomic E-state index is 8.65. The molecule has 0 aromatic carbocycles. The summed E-state index contributed by atoms with van der Waals surface area (Å²) in [6, 6.07) is 4.37. The zero-order valence-electron chi connectivity index (χ0n) is 9.79. The molecule has 5 heteroatoms. The fourth-order valence-electron chi connectivity index (χ4n) is 2.37. The van der Waals surface area contributed by atoms with Crippen LogP contribution in [0.25, 0.3) is 0 Å². The van der Waals surface area contributed by atoms with Gasteiger partial charge in [-0.3, -0.25) is 9.88 Å². The van der Waals surface area contributed by atoms with Crippen LogP contribution in [0.3, 0.4) is 0 Å². The van der Waals surface area contributed by atoms with Gasteiger partial charge in [-0.25, -0.2) is 0 Å². The highest BCUT2D eigenvalue weighted by Crippen LogP contribution is 2.29. The first-order valence-corrected chi connectivity index (χ1v) is 5.91. The fourth-order valence-corrected chi connectivity index (χ4v) is 2.37. The van der Waals surface area contributed by atoms with Gasteiger partial charge in [-0.2, -0.15) is 0 Å². The molecule has 0 spiro atoms. The van der Waals surface area contributed by atoms with Crippen molar-refractivity contribution in [2.45, 2.75) is 25.3 Å². The van der Waals surface area contributed by atoms with Crippen LogP contribution in [0.1, 0.15) is 30.9 Å². The number of hydrogen-bond donors (Lipinski definition) is 2. The molecular formula is C12H18N4O. The van der Waals surface area contributed by atoms with Crippen LogP contribution in [0.15, 0.2) is 29.7 Å². The minimum atomic E-state index is 0.265. The van der Waals surface area contributed by atoms with E-state index in [0.717, 1.165) is 19.4 Å². The Hall–Kier alpha value is -1.62. The van der Waals surface area contributed by atoms with Crippen LogP contribution in [0, 0.1) is 0 Å². The molecule has 2 heterocycles. The van der Waals surface area contributed by atoms with Crippen molar-refractivity contribution in [1.82, 2.24) is 9.88 Å². The Morgan fingerprint density at radius 1 is 1.59 bits per heavy atom. The number of aromatic nitrogens is 1. The van der Waals surface area contributed by atoms with Crippen molar-refractivity contribution >= 4 is 5.84 Å². The smallest absolute Gasteiger partial charge is 0.153 e. The van der Waals surface area contributed by atoms with Crippen LogP contribution in [-0.4, -0.2) is 34.0 Å². The number of oxime groups is 1. The van der Waals surface area contributed by atoms with Crippen LogP contribution in [-0.2, 0) is 0 Å². The van der Waals surface area contributed by atoms with E-state index in [4.69, 9.17) is 10.9 Å². The van der Waals surface area contributed by atoms with Crippen molar-refractivity contribution in [2.24, 2.45) is 10.9 Å². The Morgan fingerprint density at radius 2 is 2.47 bits per heavy atom. The van der Waals surface area contributed by atoms with Crippen molar-refractivity contribution in [3.8, 4) is 0 Å². The van der Waals surface area contributed by atoms with Gasteiger partial charge in [-0.05, 0) is 31.0 Å². The van der Waals surface area contributed by atoms with E-state index in [9.17, 15) is 0 Å². The maximum Gasteiger partial charge on any atom is 0.153 e. The summed E-state index contributed by atoms with van der Waals surface area (Å²) in [6.45, 7) is 1.49. The second kappa shape index (κ2) is 5.63. The van der Waals surface area contributed by atoms with Gasteiger partial charge in [0, 0.05) is 18.4 Å². The Balaban J connectivity index is 2.12. The van der Waals surface area contributed by atoms with Gasteiger partial charge in [0.2, 0.25) is 0 Å². The molecule has 92 valence electrons. The lowest BCUT2D eigenvalue weighted by Gasteiger charge is -2.35. The normalized spacial score (nSPS) is 22.6. The molecule has 0 radical (unpaired) electrons. The molecule has 1 fully saturated rings. The summed E-state index contributed by atoms with van der Waals surface area (Å²) in [5.74, 6) is 0.265. The van der Waals surface area contributed by atoms with E-state index in [1.54, 1.807) is 6.20 Å². The highest BCUT2D eigenvalue weighted by Gasteiger charge is 2.24. The number of hydrogen-bond acceptors (Lipinski definition) is 4. The van der Waals surface area contributed by atoms with Crippen LogP contribution < -0.4 is 5.73 Å². The van der Waals surface area contributed by atoms with Gasteiger partial charge in [0.1, 0.15) is 0 Å². The quantitative estimate of drug-likeness (QED) is 0.358. The molecule has 1 aliphatic rings. The molecule has 0 aliphatic carbocycles. The molecule has 1 aromatic rings. The van der Waals surface area contributed by atoms with E-state index < -0.39 is 0 Å². The zero-order valence-corrected chi connectivity index (χ0v) is 9.79. The molecular weight excluding hydrogens is 216 g/mol. The van der Waals surface area contributed by atoms with E-state index in [-0.39, 0.29) is 5.84 Å². The molecule has 5 nitrogen and oxygen atoms in total. The third kappa shape index (κ3) is 2.94. The number of amidine groups is 1. The molecule has 0 bridgehead atoms. The Labute approximate surface area is 101 Å². The number of piperidine rings is 1. The molecule has 1 aliphatic heterocycles. The molecule has 1 atom stereocenters. The van der Waals surface area contributed by atoms with E-state index in [2.05, 4.69) is 21.1 Å². The van der Waals surface area contributed by atoms with E-state index >= 15 is 0 Å². The van der Waals surface area contributed by atoms with Crippen molar-refractivity contribution in [1.29, 1.82) is 0 Å². The minimum Gasteiger partial charge on any atom is -0.409 e. The highest BCUT2D eigenvalue weighted by atomic mass is 16.4. The summed E-state index contributed by atoms with van der Waals surface area (Å²) in [5.41, 5.74) is 6.79. The summed E-state index contributed by atoms with van der Waals surface area (Å²) in [6.07, 6.45) is 7.15. The van der Waals surface area contributed by atoms with E-state index in [0.29, 0.717) is 12.6 Å². The van der Waals surface area contributed by atoms with E-state index in [1.165, 1.54) is 12.0 Å². The summed E-state index contributed by atoms with van der Waals surface area (Å²) in [5, 5.41) is 11.7. The molecule has 3 N–H and O–H groups in total. The average molecular weight is 234 g/mol. The van der Waals surface area contributed by atoms with Gasteiger partial charge < -0.3 is 10.9 Å². The number of nitrogens with zero attached hydrogens (tertiary/aromatic N) is 3. The van der Waals surface area contributed by atoms with E-state index in [1.807, 2.05) is 12.3 Å². The minimum absolute atomic E-state index is 0.265. The molecule has 2 rings (SSSR count). The molecule has 0 amide bonds. The van der Waals surface area contributed by atoms with Crippen LogP contribution in [0.2, 0.25) is 0 Å². The van der Waals surface area contributed by atoms with Crippen LogP contribution >= 0.6 is 0 Å². The molecule has 1 aromatic heterocycles. The Kier molecular flexibility index (Phi) is 3.93. The number of pyridine rings is 1. The van der Waals surface area contributed by atoms with Crippen molar-refractivity contribution in [3.63, 3.8) is 0 Å². The Bertz CT molecular complexity index is 379. The monoisotopic (exact) mass is 234 g/mol. The summed E-state index contributed by atoms with van der Waals surface area (Å²) in [7, 11) is 0. The van der Waals surface area contributed by atoms with Gasteiger partial charge in [0.25, 0.3) is 0 Å². The fraction of sp³-hybridized carbons (Fsp3) is 0.500. The third-order valence-corrected chi connectivity index (χ3v) is 3.18. The second-order valence-electron chi connectivity index (χ2n) is 4.36. The molecule has 0 saturated carbocycles. The van der Waals surface area contributed by atoms with Crippen LogP contribution in [0.5, 0.6) is 0 Å². The first-order valence-electron chi connectivity index (χ1n) is 5.91. The third-order valence-electron chi connectivity index (χ3n) is 3.18. The van der Waals surface area contributed by atoms with Gasteiger partial charge in [0.15, 0.2) is 5.84 Å². The topological polar surface area (TPSA) is 74.7 Å². The number of likely N-dealkylation sites (tertiary alicyclic amines) is 1. The van der Waals surface area contributed by atoms with Gasteiger partial charge in [-0.15, -0.1) is 0 Å². The number of rotatable bonds is 3. The molecule has 1 saturated heterocycles. The predicted octanol–water partition coefficient (Wildman–Crippen LogP) is 1.35. The maximum atomic E-state index is 8.65. The number of nitrogens with two attached hydrogens (primary N) is 1. The highest BCUT2D eigenvalue weighted by molar-refractivity contribution is 5.81. The summed E-state index contributed by atoms with van der Waals surface area (Å²) >= 11 is 0. The predicted molar refractivity (Wildman–Crippen MR) is 65.8 cm³/mol. The summed E-state index contributed by atoms with van der Waals surface area (Å²) < 4.78 is 0. The lowest BCUT2D eigenvalue weighted by atomic mass is 9.96. The van der Waals surface area contributed by atoms with Gasteiger partial charge in [0.05, 0.1) is 6.54 Å². The van der Waals surface area contributed by atoms with Crippen LogP contribution in [0.4, 0.5) is 0 Å². The lowest BCUT2D eigenvalue weighted by molar-refractivity contribution is 0.169. The second-order valence-corrected chi connectivity index (χ2v) is 4.36. The van der Waals surface area contributed by atoms with Crippen molar-refractivity contribution < 1.29 is 5.21 Å². The standard InChI is InChI=1S/C12H18N4O/c13-12(15-17)9-16-7-2-1-5-11(16)10-4-3-6-14-8-10/h3-4,6,8,11,17H,1-2,5,7,9H2,(H2,13,15). The SMILES string of the molecule is N/C(CN1CCCCC1c1cccnc1)=N\O. The lowest BCUT2D eigenvalue weighted by Crippen LogP contribution is -2.39. The zero-order chi connectivity index (χ0) is 12.1. The molecule has 17 heavy (non-hydrogen) atoms. The average Bonchev–Trinajstić information content (AvgIpc) is 2.40. The van der Waals surface area contributed by atoms with Gasteiger partial charge >= 0.3 is 0 Å². The molecule has 1 unspecified atom stereocenters. The first kappa shape index (κ1) is 11.9.